The van der Waals surface area contributed by atoms with Gasteiger partial charge in [0.2, 0.25) is 0 Å². The molecule has 0 saturated heterocycles. The van der Waals surface area contributed by atoms with E-state index in [1.54, 1.807) is 30.5 Å². The number of halogens is 1. The van der Waals surface area contributed by atoms with Gasteiger partial charge in [-0.3, -0.25) is 9.78 Å². The molecule has 0 aliphatic heterocycles. The topological polar surface area (TPSA) is 50.2 Å². The summed E-state index contributed by atoms with van der Waals surface area (Å²) in [4.78, 5) is 15.7. The van der Waals surface area contributed by atoms with Crippen molar-refractivity contribution < 1.29 is 9.90 Å². The van der Waals surface area contributed by atoms with E-state index >= 15 is 0 Å². The number of aryl methyl sites for hydroxylation is 1. The fourth-order valence-corrected chi connectivity index (χ4v) is 2.28. The third kappa shape index (κ3) is 3.12. The normalized spacial score (nSPS) is 12.1. The Balaban J connectivity index is 2.35. The van der Waals surface area contributed by atoms with E-state index in [1.807, 2.05) is 19.1 Å². The predicted octanol–water partition coefficient (Wildman–Crippen LogP) is 3.45. The molecule has 1 unspecified atom stereocenters. The number of carboxylic acids is 1. The molecule has 19 heavy (non-hydrogen) atoms. The van der Waals surface area contributed by atoms with Gasteiger partial charge in [-0.2, -0.15) is 0 Å². The molecule has 0 aliphatic carbocycles. The Morgan fingerprint density at radius 3 is 2.68 bits per heavy atom. The summed E-state index contributed by atoms with van der Waals surface area (Å²) in [6.07, 6.45) is 2.01. The number of aromatic nitrogens is 1. The number of hydrogen-bond acceptors (Lipinski definition) is 2. The van der Waals surface area contributed by atoms with Gasteiger partial charge in [0.15, 0.2) is 0 Å². The Hall–Kier alpha value is -1.87. The SMILES string of the molecule is Cc1cccnc1CC(C(=O)O)c1ccccc1Cl. The first-order chi connectivity index (χ1) is 9.09. The van der Waals surface area contributed by atoms with Gasteiger partial charge in [0.25, 0.3) is 0 Å². The molecule has 1 heterocycles. The van der Waals surface area contributed by atoms with Crippen LogP contribution in [0.3, 0.4) is 0 Å². The molecule has 1 atom stereocenters. The Kier molecular flexibility index (Phi) is 4.17. The van der Waals surface area contributed by atoms with Crippen LogP contribution in [0.4, 0.5) is 0 Å². The van der Waals surface area contributed by atoms with E-state index in [4.69, 9.17) is 11.6 Å². The molecular formula is C15H14ClNO2. The molecule has 2 aromatic rings. The monoisotopic (exact) mass is 275 g/mol. The Bertz CT molecular complexity index is 598. The lowest BCUT2D eigenvalue weighted by Crippen LogP contribution is -2.16. The number of carboxylic acid groups (broad SMARTS) is 1. The summed E-state index contributed by atoms with van der Waals surface area (Å²) in [5.74, 6) is -1.57. The summed E-state index contributed by atoms with van der Waals surface area (Å²) >= 11 is 6.09. The van der Waals surface area contributed by atoms with Gasteiger partial charge in [-0.25, -0.2) is 0 Å². The van der Waals surface area contributed by atoms with Crippen LogP contribution in [0.1, 0.15) is 22.7 Å². The zero-order valence-electron chi connectivity index (χ0n) is 10.5. The van der Waals surface area contributed by atoms with Gasteiger partial charge in [0.05, 0.1) is 5.92 Å². The average Bonchev–Trinajstić information content (AvgIpc) is 2.38. The first kappa shape index (κ1) is 13.6. The summed E-state index contributed by atoms with van der Waals surface area (Å²) in [6, 6.07) is 10.8. The van der Waals surface area contributed by atoms with Crippen molar-refractivity contribution in [1.82, 2.24) is 4.98 Å². The standard InChI is InChI=1S/C15H14ClNO2/c1-10-5-4-8-17-14(10)9-12(15(18)19)11-6-2-3-7-13(11)16/h2-8,12H,9H2,1H3,(H,18,19). The molecule has 0 saturated carbocycles. The lowest BCUT2D eigenvalue weighted by Gasteiger charge is -2.15. The molecule has 0 spiro atoms. The summed E-state index contributed by atoms with van der Waals surface area (Å²) in [7, 11) is 0. The van der Waals surface area contributed by atoms with Gasteiger partial charge >= 0.3 is 5.97 Å². The number of pyridine rings is 1. The van der Waals surface area contributed by atoms with Crippen LogP contribution in [0.5, 0.6) is 0 Å². The van der Waals surface area contributed by atoms with E-state index in [1.165, 1.54) is 0 Å². The number of aliphatic carboxylic acids is 1. The van der Waals surface area contributed by atoms with E-state index in [0.717, 1.165) is 11.3 Å². The van der Waals surface area contributed by atoms with Crippen molar-refractivity contribution in [2.45, 2.75) is 19.3 Å². The van der Waals surface area contributed by atoms with Gasteiger partial charge in [-0.15, -0.1) is 0 Å². The second-order valence-corrected chi connectivity index (χ2v) is 4.79. The van der Waals surface area contributed by atoms with E-state index in [0.29, 0.717) is 17.0 Å². The lowest BCUT2D eigenvalue weighted by molar-refractivity contribution is -0.138. The Labute approximate surface area is 116 Å². The van der Waals surface area contributed by atoms with Crippen LogP contribution in [0.2, 0.25) is 5.02 Å². The molecule has 0 bridgehead atoms. The number of carbonyl (C=O) groups is 1. The minimum Gasteiger partial charge on any atom is -0.481 e. The van der Waals surface area contributed by atoms with Gasteiger partial charge in [-0.1, -0.05) is 35.9 Å². The smallest absolute Gasteiger partial charge is 0.311 e. The van der Waals surface area contributed by atoms with Gasteiger partial charge in [-0.05, 0) is 30.2 Å². The third-order valence-corrected chi connectivity index (χ3v) is 3.44. The molecule has 0 amide bonds. The van der Waals surface area contributed by atoms with Crippen LogP contribution in [0.15, 0.2) is 42.6 Å². The largest absolute Gasteiger partial charge is 0.481 e. The highest BCUT2D eigenvalue weighted by Crippen LogP contribution is 2.28. The highest BCUT2D eigenvalue weighted by atomic mass is 35.5. The summed E-state index contributed by atoms with van der Waals surface area (Å²) in [5.41, 5.74) is 2.40. The Morgan fingerprint density at radius 2 is 2.05 bits per heavy atom. The Morgan fingerprint density at radius 1 is 1.32 bits per heavy atom. The molecule has 2 rings (SSSR count). The van der Waals surface area contributed by atoms with Crippen LogP contribution in [-0.2, 0) is 11.2 Å². The molecule has 98 valence electrons. The molecule has 0 radical (unpaired) electrons. The van der Waals surface area contributed by atoms with Crippen LogP contribution < -0.4 is 0 Å². The number of benzene rings is 1. The first-order valence-electron chi connectivity index (χ1n) is 5.97. The number of nitrogens with zero attached hydrogens (tertiary/aromatic N) is 1. The molecule has 1 aromatic heterocycles. The minimum absolute atomic E-state index is 0.339. The number of hydrogen-bond donors (Lipinski definition) is 1. The van der Waals surface area contributed by atoms with Crippen molar-refractivity contribution in [2.75, 3.05) is 0 Å². The molecule has 4 heteroatoms. The lowest BCUT2D eigenvalue weighted by atomic mass is 9.93. The summed E-state index contributed by atoms with van der Waals surface area (Å²) in [6.45, 7) is 1.92. The van der Waals surface area contributed by atoms with E-state index in [-0.39, 0.29) is 0 Å². The predicted molar refractivity (Wildman–Crippen MR) is 74.5 cm³/mol. The first-order valence-corrected chi connectivity index (χ1v) is 6.35. The summed E-state index contributed by atoms with van der Waals surface area (Å²) in [5, 5.41) is 9.89. The maximum atomic E-state index is 11.5. The van der Waals surface area contributed by atoms with E-state index < -0.39 is 11.9 Å². The highest BCUT2D eigenvalue weighted by Gasteiger charge is 2.23. The van der Waals surface area contributed by atoms with Gasteiger partial charge in [0.1, 0.15) is 0 Å². The van der Waals surface area contributed by atoms with Crippen molar-refractivity contribution >= 4 is 17.6 Å². The fourth-order valence-electron chi connectivity index (χ4n) is 2.01. The van der Waals surface area contributed by atoms with Gasteiger partial charge in [0, 0.05) is 23.3 Å². The van der Waals surface area contributed by atoms with Crippen LogP contribution in [0.25, 0.3) is 0 Å². The van der Waals surface area contributed by atoms with Crippen molar-refractivity contribution in [3.05, 3.63) is 64.4 Å². The summed E-state index contributed by atoms with van der Waals surface area (Å²) < 4.78 is 0. The minimum atomic E-state index is -0.891. The molecule has 3 nitrogen and oxygen atoms in total. The molecule has 0 aliphatic rings. The molecule has 1 N–H and O–H groups in total. The van der Waals surface area contributed by atoms with Gasteiger partial charge < -0.3 is 5.11 Å². The van der Waals surface area contributed by atoms with Crippen molar-refractivity contribution in [2.24, 2.45) is 0 Å². The quantitative estimate of drug-likeness (QED) is 0.930. The molecule has 0 fully saturated rings. The van der Waals surface area contributed by atoms with E-state index in [9.17, 15) is 9.90 Å². The zero-order chi connectivity index (χ0) is 13.8. The molecular weight excluding hydrogens is 262 g/mol. The van der Waals surface area contributed by atoms with Crippen molar-refractivity contribution in [3.8, 4) is 0 Å². The maximum absolute atomic E-state index is 11.5. The molecule has 1 aromatic carbocycles. The van der Waals surface area contributed by atoms with Crippen molar-refractivity contribution in [1.29, 1.82) is 0 Å². The number of rotatable bonds is 4. The second-order valence-electron chi connectivity index (χ2n) is 4.38. The van der Waals surface area contributed by atoms with Crippen LogP contribution in [0, 0.1) is 6.92 Å². The second kappa shape index (κ2) is 5.85. The average molecular weight is 276 g/mol. The van der Waals surface area contributed by atoms with Crippen LogP contribution in [-0.4, -0.2) is 16.1 Å². The van der Waals surface area contributed by atoms with Crippen LogP contribution >= 0.6 is 11.6 Å². The van der Waals surface area contributed by atoms with Crippen molar-refractivity contribution in [3.63, 3.8) is 0 Å². The zero-order valence-corrected chi connectivity index (χ0v) is 11.3. The maximum Gasteiger partial charge on any atom is 0.311 e. The van der Waals surface area contributed by atoms with E-state index in [2.05, 4.69) is 4.98 Å². The highest BCUT2D eigenvalue weighted by molar-refractivity contribution is 6.31. The fraction of sp³-hybridized carbons (Fsp3) is 0.200. The third-order valence-electron chi connectivity index (χ3n) is 3.09.